The van der Waals surface area contributed by atoms with Crippen molar-refractivity contribution in [1.82, 2.24) is 10.2 Å². The van der Waals surface area contributed by atoms with Gasteiger partial charge in [0, 0.05) is 36.2 Å². The second kappa shape index (κ2) is 9.45. The van der Waals surface area contributed by atoms with Gasteiger partial charge in [-0.15, -0.1) is 0 Å². The number of rotatable bonds is 5. The van der Waals surface area contributed by atoms with E-state index in [1.807, 2.05) is 30.3 Å². The number of carbonyl (C=O) groups is 2. The summed E-state index contributed by atoms with van der Waals surface area (Å²) in [6, 6.07) is 14.7. The monoisotopic (exact) mass is 433 g/mol. The summed E-state index contributed by atoms with van der Waals surface area (Å²) in [5.41, 5.74) is 2.30. The number of amides is 2. The van der Waals surface area contributed by atoms with Crippen molar-refractivity contribution in [2.24, 2.45) is 0 Å². The third-order valence-electron chi connectivity index (χ3n) is 3.63. The molecule has 0 bridgehead atoms. The summed E-state index contributed by atoms with van der Waals surface area (Å²) in [6.07, 6.45) is 1.09. The van der Waals surface area contributed by atoms with E-state index in [1.54, 1.807) is 37.2 Å². The Labute approximate surface area is 166 Å². The van der Waals surface area contributed by atoms with Crippen LogP contribution in [0.1, 0.15) is 22.3 Å². The molecule has 7 heteroatoms. The fraction of sp³-hybridized carbons (Fsp3) is 0.211. The van der Waals surface area contributed by atoms with E-state index >= 15 is 0 Å². The van der Waals surface area contributed by atoms with E-state index in [-0.39, 0.29) is 16.9 Å². The number of aryl methyl sites for hydroxylation is 1. The van der Waals surface area contributed by atoms with Crippen molar-refractivity contribution in [2.75, 3.05) is 19.4 Å². The number of hydrogen-bond acceptors (Lipinski definition) is 3. The number of nitrogens with zero attached hydrogens (tertiary/aromatic N) is 1. The smallest absolute Gasteiger partial charge is 0.257 e. The summed E-state index contributed by atoms with van der Waals surface area (Å²) in [6.45, 7) is 0. The number of halogens is 1. The lowest BCUT2D eigenvalue weighted by Gasteiger charge is -2.12. The molecule has 0 aliphatic rings. The van der Waals surface area contributed by atoms with Crippen molar-refractivity contribution in [1.29, 1.82) is 0 Å². The topological polar surface area (TPSA) is 61.4 Å². The average molecular weight is 434 g/mol. The molecule has 0 aliphatic heterocycles. The maximum Gasteiger partial charge on any atom is 0.257 e. The van der Waals surface area contributed by atoms with Gasteiger partial charge in [-0.25, -0.2) is 0 Å². The number of nitrogens with one attached hydrogen (secondary N) is 2. The molecular weight excluding hydrogens is 414 g/mol. The van der Waals surface area contributed by atoms with Gasteiger partial charge < -0.3 is 10.2 Å². The normalized spacial score (nSPS) is 10.1. The van der Waals surface area contributed by atoms with Crippen LogP contribution in [0.2, 0.25) is 0 Å². The van der Waals surface area contributed by atoms with Crippen molar-refractivity contribution in [2.45, 2.75) is 12.8 Å². The molecule has 2 amide bonds. The van der Waals surface area contributed by atoms with Crippen LogP contribution in [0.25, 0.3) is 0 Å². The Kier molecular flexibility index (Phi) is 7.29. The van der Waals surface area contributed by atoms with E-state index in [9.17, 15) is 9.59 Å². The Morgan fingerprint density at radius 2 is 1.85 bits per heavy atom. The zero-order valence-electron chi connectivity index (χ0n) is 14.6. The number of carbonyl (C=O) groups excluding carboxylic acids is 2. The van der Waals surface area contributed by atoms with Gasteiger partial charge in [-0.1, -0.05) is 34.1 Å². The minimum absolute atomic E-state index is 0.0835. The van der Waals surface area contributed by atoms with Gasteiger partial charge in [0.25, 0.3) is 5.91 Å². The first-order valence-electron chi connectivity index (χ1n) is 8.02. The molecule has 0 radical (unpaired) electrons. The van der Waals surface area contributed by atoms with Crippen LogP contribution >= 0.6 is 28.1 Å². The molecule has 0 fully saturated rings. The van der Waals surface area contributed by atoms with E-state index in [0.717, 1.165) is 15.7 Å². The van der Waals surface area contributed by atoms with Crippen LogP contribution in [0.4, 0.5) is 5.69 Å². The minimum Gasteiger partial charge on any atom is -0.349 e. The van der Waals surface area contributed by atoms with Gasteiger partial charge in [0.2, 0.25) is 5.91 Å². The van der Waals surface area contributed by atoms with E-state index in [4.69, 9.17) is 12.2 Å². The predicted molar refractivity (Wildman–Crippen MR) is 111 cm³/mol. The summed E-state index contributed by atoms with van der Waals surface area (Å²) in [5, 5.41) is 5.88. The lowest BCUT2D eigenvalue weighted by molar-refractivity contribution is -0.128. The SMILES string of the molecule is CN(C)C(=O)CCc1cccc(NC(=S)NC(=O)c2cccc(Br)c2)c1. The highest BCUT2D eigenvalue weighted by Crippen LogP contribution is 2.14. The van der Waals surface area contributed by atoms with Crippen molar-refractivity contribution >= 4 is 50.8 Å². The first-order chi connectivity index (χ1) is 12.3. The first kappa shape index (κ1) is 20.1. The van der Waals surface area contributed by atoms with Gasteiger partial charge in [0.1, 0.15) is 0 Å². The van der Waals surface area contributed by atoms with Crippen LogP contribution in [-0.4, -0.2) is 35.9 Å². The predicted octanol–water partition coefficient (Wildman–Crippen LogP) is 3.60. The summed E-state index contributed by atoms with van der Waals surface area (Å²) < 4.78 is 0.823. The summed E-state index contributed by atoms with van der Waals surface area (Å²) in [7, 11) is 3.49. The van der Waals surface area contributed by atoms with Gasteiger partial charge in [-0.05, 0) is 54.5 Å². The van der Waals surface area contributed by atoms with Gasteiger partial charge in [-0.3, -0.25) is 14.9 Å². The molecule has 0 atom stereocenters. The van der Waals surface area contributed by atoms with Crippen LogP contribution in [0.15, 0.2) is 53.0 Å². The molecule has 0 aliphatic carbocycles. The molecule has 26 heavy (non-hydrogen) atoms. The van der Waals surface area contributed by atoms with Crippen LogP contribution in [0, 0.1) is 0 Å². The van der Waals surface area contributed by atoms with Crippen molar-refractivity contribution in [3.8, 4) is 0 Å². The zero-order valence-corrected chi connectivity index (χ0v) is 17.0. The third kappa shape index (κ3) is 6.24. The molecule has 0 unspecified atom stereocenters. The number of hydrogen-bond donors (Lipinski definition) is 2. The Bertz CT molecular complexity index is 824. The largest absolute Gasteiger partial charge is 0.349 e. The fourth-order valence-electron chi connectivity index (χ4n) is 2.25. The number of benzene rings is 2. The lowest BCUT2D eigenvalue weighted by atomic mass is 10.1. The van der Waals surface area contributed by atoms with Crippen LogP contribution in [0.3, 0.4) is 0 Å². The first-order valence-corrected chi connectivity index (χ1v) is 9.22. The number of anilines is 1. The standard InChI is InChI=1S/C19H20BrN3O2S/c1-23(2)17(24)10-9-13-5-3-8-16(11-13)21-19(26)22-18(25)14-6-4-7-15(20)12-14/h3-8,11-12H,9-10H2,1-2H3,(H2,21,22,25,26). The number of thiocarbonyl (C=S) groups is 1. The maximum atomic E-state index is 12.2. The average Bonchev–Trinajstić information content (AvgIpc) is 2.59. The van der Waals surface area contributed by atoms with Crippen molar-refractivity contribution in [3.63, 3.8) is 0 Å². The van der Waals surface area contributed by atoms with Gasteiger partial charge in [0.15, 0.2) is 5.11 Å². The molecule has 0 saturated heterocycles. The highest BCUT2D eigenvalue weighted by molar-refractivity contribution is 9.10. The Morgan fingerprint density at radius 3 is 2.54 bits per heavy atom. The van der Waals surface area contributed by atoms with Crippen molar-refractivity contribution in [3.05, 3.63) is 64.1 Å². The van der Waals surface area contributed by atoms with Crippen LogP contribution in [-0.2, 0) is 11.2 Å². The van der Waals surface area contributed by atoms with Gasteiger partial charge in [-0.2, -0.15) is 0 Å². The third-order valence-corrected chi connectivity index (χ3v) is 4.32. The molecule has 2 N–H and O–H groups in total. The van der Waals surface area contributed by atoms with E-state index in [1.165, 1.54) is 0 Å². The van der Waals surface area contributed by atoms with Crippen molar-refractivity contribution < 1.29 is 9.59 Å². The Hall–Kier alpha value is -2.25. The van der Waals surface area contributed by atoms with E-state index < -0.39 is 0 Å². The van der Waals surface area contributed by atoms with Crippen LogP contribution in [0.5, 0.6) is 0 Å². The molecule has 0 saturated carbocycles. The highest BCUT2D eigenvalue weighted by atomic mass is 79.9. The summed E-state index contributed by atoms with van der Waals surface area (Å²) in [5.74, 6) is -0.197. The lowest BCUT2D eigenvalue weighted by Crippen LogP contribution is -2.34. The zero-order chi connectivity index (χ0) is 19.1. The Morgan fingerprint density at radius 1 is 1.12 bits per heavy atom. The highest BCUT2D eigenvalue weighted by Gasteiger charge is 2.09. The van der Waals surface area contributed by atoms with Gasteiger partial charge in [0.05, 0.1) is 0 Å². The fourth-order valence-corrected chi connectivity index (χ4v) is 2.86. The van der Waals surface area contributed by atoms with Gasteiger partial charge >= 0.3 is 0 Å². The minimum atomic E-state index is -0.281. The second-order valence-corrected chi connectivity index (χ2v) is 7.23. The molecule has 0 heterocycles. The van der Waals surface area contributed by atoms with E-state index in [0.29, 0.717) is 18.4 Å². The molecule has 2 aromatic rings. The summed E-state index contributed by atoms with van der Waals surface area (Å²) >= 11 is 8.55. The molecule has 2 aromatic carbocycles. The molecule has 0 spiro atoms. The summed E-state index contributed by atoms with van der Waals surface area (Å²) in [4.78, 5) is 25.5. The van der Waals surface area contributed by atoms with E-state index in [2.05, 4.69) is 26.6 Å². The quantitative estimate of drug-likeness (QED) is 0.707. The Balaban J connectivity index is 1.93. The molecule has 0 aromatic heterocycles. The molecular formula is C19H20BrN3O2S. The molecule has 2 rings (SSSR count). The van der Waals surface area contributed by atoms with Crippen LogP contribution < -0.4 is 10.6 Å². The molecule has 136 valence electrons. The molecule has 5 nitrogen and oxygen atoms in total. The maximum absolute atomic E-state index is 12.2. The second-order valence-electron chi connectivity index (χ2n) is 5.91.